The van der Waals surface area contributed by atoms with E-state index >= 15 is 0 Å². The largest absolute Gasteiger partial charge is 0.489 e. The quantitative estimate of drug-likeness (QED) is 0.225. The van der Waals surface area contributed by atoms with Crippen LogP contribution in [0.4, 0.5) is 13.2 Å². The normalized spacial score (nSPS) is 11.9. The monoisotopic (exact) mass is 488 g/mol. The topological polar surface area (TPSA) is 79.4 Å². The zero-order chi connectivity index (χ0) is 25.1. The summed E-state index contributed by atoms with van der Waals surface area (Å²) in [6.07, 6.45) is -1.29. The number of alkyl halides is 3. The molecule has 0 spiro atoms. The number of hydrogen-bond donors (Lipinski definition) is 2. The lowest BCUT2D eigenvalue weighted by molar-refractivity contribution is -0.137. The number of H-pyrrole nitrogens is 1. The van der Waals surface area contributed by atoms with Gasteiger partial charge in [0.1, 0.15) is 18.1 Å². The molecule has 0 radical (unpaired) electrons. The summed E-state index contributed by atoms with van der Waals surface area (Å²) in [6.45, 7) is 0.109. The number of ether oxygens (including phenoxy) is 1. The number of fused-ring (bicyclic) bond motifs is 3. The van der Waals surface area contributed by atoms with Gasteiger partial charge in [0.15, 0.2) is 0 Å². The summed E-state index contributed by atoms with van der Waals surface area (Å²) in [5.74, 6) is 0.0600. The molecule has 0 fully saturated rings. The summed E-state index contributed by atoms with van der Waals surface area (Å²) in [5, 5.41) is 5.90. The van der Waals surface area contributed by atoms with Gasteiger partial charge >= 0.3 is 6.18 Å². The van der Waals surface area contributed by atoms with Crippen LogP contribution in [0, 0.1) is 0 Å². The third-order valence-electron chi connectivity index (χ3n) is 5.55. The summed E-state index contributed by atoms with van der Waals surface area (Å²) >= 11 is 0. The van der Waals surface area contributed by atoms with Crippen molar-refractivity contribution in [2.75, 3.05) is 0 Å². The Morgan fingerprint density at radius 2 is 1.78 bits per heavy atom. The van der Waals surface area contributed by atoms with Crippen molar-refractivity contribution in [2.45, 2.75) is 12.8 Å². The van der Waals surface area contributed by atoms with Gasteiger partial charge in [0, 0.05) is 16.3 Å². The first-order chi connectivity index (χ1) is 17.4. The molecule has 36 heavy (non-hydrogen) atoms. The van der Waals surface area contributed by atoms with Gasteiger partial charge in [-0.3, -0.25) is 4.79 Å². The van der Waals surface area contributed by atoms with Crippen molar-refractivity contribution in [3.8, 4) is 5.75 Å². The Hall–Kier alpha value is -4.66. The van der Waals surface area contributed by atoms with Crippen molar-refractivity contribution in [1.82, 2.24) is 15.4 Å². The van der Waals surface area contributed by atoms with Gasteiger partial charge in [0.05, 0.1) is 23.5 Å². The van der Waals surface area contributed by atoms with E-state index < -0.39 is 17.6 Å². The SMILES string of the molecule is O=C(N/N=C/c1cccc(OCc2ccc(C(F)(F)F)cc2)c1)c1cc2c(cn1)[nH]c1ccccc12. The van der Waals surface area contributed by atoms with Crippen molar-refractivity contribution in [3.63, 3.8) is 0 Å². The molecule has 2 N–H and O–H groups in total. The standard InChI is InChI=1S/C27H19F3N4O2/c28-27(29,30)19-10-8-17(9-11-19)16-36-20-5-3-4-18(12-20)14-32-34-26(35)24-13-22-21-6-1-2-7-23(21)33-25(22)15-31-24/h1-15,33H,16H2,(H,34,35)/b32-14+. The number of halogens is 3. The molecule has 0 aliphatic heterocycles. The van der Waals surface area contributed by atoms with Crippen LogP contribution in [0.5, 0.6) is 5.75 Å². The molecule has 0 aliphatic rings. The first kappa shape index (κ1) is 23.1. The van der Waals surface area contributed by atoms with E-state index in [4.69, 9.17) is 4.74 Å². The molecule has 5 rings (SSSR count). The van der Waals surface area contributed by atoms with Crippen molar-refractivity contribution in [3.05, 3.63) is 107 Å². The molecule has 1 amide bonds. The van der Waals surface area contributed by atoms with E-state index in [9.17, 15) is 18.0 Å². The summed E-state index contributed by atoms with van der Waals surface area (Å²) < 4.78 is 43.8. The number of para-hydroxylation sites is 1. The fraction of sp³-hybridized carbons (Fsp3) is 0.0741. The van der Waals surface area contributed by atoms with Crippen LogP contribution in [-0.4, -0.2) is 22.1 Å². The van der Waals surface area contributed by atoms with Gasteiger partial charge in [-0.25, -0.2) is 10.4 Å². The first-order valence-electron chi connectivity index (χ1n) is 11.0. The highest BCUT2D eigenvalue weighted by Crippen LogP contribution is 2.29. The number of aromatic nitrogens is 2. The third kappa shape index (κ3) is 5.05. The molecule has 2 aromatic heterocycles. The fourth-order valence-corrected chi connectivity index (χ4v) is 3.74. The minimum Gasteiger partial charge on any atom is -0.489 e. The molecule has 0 saturated carbocycles. The van der Waals surface area contributed by atoms with Gasteiger partial charge in [-0.05, 0) is 47.5 Å². The number of nitrogens with zero attached hydrogens (tertiary/aromatic N) is 2. The van der Waals surface area contributed by atoms with Crippen molar-refractivity contribution in [2.24, 2.45) is 5.10 Å². The second-order valence-electron chi connectivity index (χ2n) is 8.04. The van der Waals surface area contributed by atoms with Crippen LogP contribution in [0.25, 0.3) is 21.8 Å². The number of nitrogens with one attached hydrogen (secondary N) is 2. The second kappa shape index (κ2) is 9.53. The van der Waals surface area contributed by atoms with Gasteiger partial charge in [-0.1, -0.05) is 42.5 Å². The van der Waals surface area contributed by atoms with E-state index in [1.54, 1.807) is 36.5 Å². The van der Waals surface area contributed by atoms with E-state index in [2.05, 4.69) is 20.5 Å². The Kier molecular flexibility index (Phi) is 6.12. The molecule has 6 nitrogen and oxygen atoms in total. The van der Waals surface area contributed by atoms with Crippen molar-refractivity contribution in [1.29, 1.82) is 0 Å². The molecule has 0 atom stereocenters. The Labute approximate surface area is 203 Å². The van der Waals surface area contributed by atoms with Crippen LogP contribution in [0.2, 0.25) is 0 Å². The minimum absolute atomic E-state index is 0.109. The lowest BCUT2D eigenvalue weighted by Crippen LogP contribution is -2.18. The average molecular weight is 488 g/mol. The Morgan fingerprint density at radius 3 is 2.58 bits per heavy atom. The maximum atomic E-state index is 12.7. The minimum atomic E-state index is -4.37. The van der Waals surface area contributed by atoms with Crippen LogP contribution in [0.15, 0.2) is 90.2 Å². The van der Waals surface area contributed by atoms with E-state index in [1.165, 1.54) is 18.3 Å². The molecular formula is C27H19F3N4O2. The molecule has 0 unspecified atom stereocenters. The third-order valence-corrected chi connectivity index (χ3v) is 5.55. The smallest absolute Gasteiger partial charge is 0.416 e. The van der Waals surface area contributed by atoms with Gasteiger partial charge in [-0.15, -0.1) is 0 Å². The molecule has 2 heterocycles. The summed E-state index contributed by atoms with van der Waals surface area (Å²) in [5.41, 5.74) is 5.07. The number of rotatable bonds is 6. The second-order valence-corrected chi connectivity index (χ2v) is 8.04. The maximum Gasteiger partial charge on any atom is 0.416 e. The molecule has 0 saturated heterocycles. The molecule has 0 bridgehead atoms. The highest BCUT2D eigenvalue weighted by Gasteiger charge is 2.29. The van der Waals surface area contributed by atoms with Crippen LogP contribution < -0.4 is 10.2 Å². The van der Waals surface area contributed by atoms with E-state index in [-0.39, 0.29) is 12.3 Å². The van der Waals surface area contributed by atoms with Gasteiger partial charge in [0.2, 0.25) is 0 Å². The number of carbonyl (C=O) groups is 1. The molecule has 180 valence electrons. The zero-order valence-electron chi connectivity index (χ0n) is 18.7. The summed E-state index contributed by atoms with van der Waals surface area (Å²) in [7, 11) is 0. The zero-order valence-corrected chi connectivity index (χ0v) is 18.7. The van der Waals surface area contributed by atoms with E-state index in [1.807, 2.05) is 24.3 Å². The number of aromatic amines is 1. The van der Waals surface area contributed by atoms with Crippen molar-refractivity contribution < 1.29 is 22.7 Å². The highest BCUT2D eigenvalue weighted by atomic mass is 19.4. The number of benzene rings is 3. The Morgan fingerprint density at radius 1 is 0.972 bits per heavy atom. The number of amides is 1. The van der Waals surface area contributed by atoms with Crippen LogP contribution >= 0.6 is 0 Å². The average Bonchev–Trinajstić information content (AvgIpc) is 3.25. The number of pyridine rings is 1. The molecule has 3 aromatic carbocycles. The molecule has 9 heteroatoms. The number of hydrazone groups is 1. The van der Waals surface area contributed by atoms with Gasteiger partial charge in [-0.2, -0.15) is 18.3 Å². The maximum absolute atomic E-state index is 12.7. The Balaban J connectivity index is 1.21. The highest BCUT2D eigenvalue weighted by molar-refractivity contribution is 6.09. The predicted octanol–water partition coefficient (Wildman–Crippen LogP) is 6.08. The van der Waals surface area contributed by atoms with Crippen LogP contribution in [0.1, 0.15) is 27.2 Å². The summed E-state index contributed by atoms with van der Waals surface area (Å²) in [6, 6.07) is 21.3. The fourth-order valence-electron chi connectivity index (χ4n) is 3.74. The molecule has 5 aromatic rings. The van der Waals surface area contributed by atoms with Gasteiger partial charge in [0.25, 0.3) is 5.91 Å². The first-order valence-corrected chi connectivity index (χ1v) is 11.0. The van der Waals surface area contributed by atoms with Crippen molar-refractivity contribution >= 4 is 33.9 Å². The predicted molar refractivity (Wildman–Crippen MR) is 131 cm³/mol. The van der Waals surface area contributed by atoms with Crippen LogP contribution in [-0.2, 0) is 12.8 Å². The number of hydrogen-bond acceptors (Lipinski definition) is 4. The van der Waals surface area contributed by atoms with E-state index in [0.29, 0.717) is 16.9 Å². The number of carbonyl (C=O) groups excluding carboxylic acids is 1. The van der Waals surface area contributed by atoms with E-state index in [0.717, 1.165) is 33.9 Å². The van der Waals surface area contributed by atoms with Gasteiger partial charge < -0.3 is 9.72 Å². The summed E-state index contributed by atoms with van der Waals surface area (Å²) in [4.78, 5) is 20.0. The lowest BCUT2D eigenvalue weighted by atomic mass is 10.1. The molecular weight excluding hydrogens is 469 g/mol. The lowest BCUT2D eigenvalue weighted by Gasteiger charge is -2.09. The van der Waals surface area contributed by atoms with Crippen LogP contribution in [0.3, 0.4) is 0 Å². The molecule has 0 aliphatic carbocycles. The Bertz CT molecular complexity index is 1570.